The van der Waals surface area contributed by atoms with Gasteiger partial charge in [0.25, 0.3) is 0 Å². The summed E-state index contributed by atoms with van der Waals surface area (Å²) < 4.78 is 0. The second-order valence-electron chi connectivity index (χ2n) is 3.21. The maximum Gasteiger partial charge on any atom is 0.248 e. The summed E-state index contributed by atoms with van der Waals surface area (Å²) in [5, 5.41) is -1.29. The van der Waals surface area contributed by atoms with Crippen molar-refractivity contribution in [3.8, 4) is 0 Å². The fourth-order valence-electron chi connectivity index (χ4n) is 0.849. The molecule has 0 heterocycles. The van der Waals surface area contributed by atoms with E-state index in [1.54, 1.807) is 0 Å². The molecule has 0 saturated heterocycles. The lowest BCUT2D eigenvalue weighted by atomic mass is 9.90. The summed E-state index contributed by atoms with van der Waals surface area (Å²) in [6.07, 6.45) is 1.08. The monoisotopic (exact) mass is 222 g/mol. The molecule has 0 bridgehead atoms. The van der Waals surface area contributed by atoms with E-state index in [4.69, 9.17) is 23.2 Å². The van der Waals surface area contributed by atoms with E-state index in [9.17, 15) is 9.59 Å². The van der Waals surface area contributed by atoms with Crippen LogP contribution in [0.15, 0.2) is 11.6 Å². The highest BCUT2D eigenvalue weighted by Gasteiger charge is 2.18. The zero-order valence-electron chi connectivity index (χ0n) is 7.80. The number of hydrogen-bond acceptors (Lipinski definition) is 2. The van der Waals surface area contributed by atoms with Gasteiger partial charge in [0, 0.05) is 11.6 Å². The van der Waals surface area contributed by atoms with Gasteiger partial charge in [-0.3, -0.25) is 9.59 Å². The van der Waals surface area contributed by atoms with Crippen molar-refractivity contribution in [2.75, 3.05) is 0 Å². The summed E-state index contributed by atoms with van der Waals surface area (Å²) in [7, 11) is 0. The minimum absolute atomic E-state index is 0.0623. The molecule has 1 unspecified atom stereocenters. The number of carbonyl (C=O) groups is 2. The lowest BCUT2D eigenvalue weighted by Crippen LogP contribution is -2.12. The van der Waals surface area contributed by atoms with Crippen LogP contribution >= 0.6 is 23.2 Å². The van der Waals surface area contributed by atoms with Gasteiger partial charge < -0.3 is 0 Å². The van der Waals surface area contributed by atoms with Gasteiger partial charge in [-0.05, 0) is 35.0 Å². The van der Waals surface area contributed by atoms with Crippen molar-refractivity contribution in [3.63, 3.8) is 0 Å². The van der Waals surface area contributed by atoms with E-state index in [0.717, 1.165) is 6.08 Å². The third-order valence-electron chi connectivity index (χ3n) is 1.99. The van der Waals surface area contributed by atoms with Crippen molar-refractivity contribution in [1.82, 2.24) is 0 Å². The van der Waals surface area contributed by atoms with E-state index in [1.165, 1.54) is 0 Å². The molecule has 0 aromatic rings. The van der Waals surface area contributed by atoms with Gasteiger partial charge in [-0.1, -0.05) is 20.8 Å². The summed E-state index contributed by atoms with van der Waals surface area (Å²) in [6.45, 7) is 5.71. The Kier molecular flexibility index (Phi) is 5.26. The molecule has 0 rings (SSSR count). The molecule has 0 saturated carbocycles. The minimum Gasteiger partial charge on any atom is -0.276 e. The van der Waals surface area contributed by atoms with Crippen LogP contribution < -0.4 is 0 Å². The van der Waals surface area contributed by atoms with Crippen LogP contribution in [0, 0.1) is 11.8 Å². The molecule has 0 aliphatic carbocycles. The Labute approximate surface area is 87.9 Å². The smallest absolute Gasteiger partial charge is 0.248 e. The van der Waals surface area contributed by atoms with Crippen LogP contribution in [0.5, 0.6) is 0 Å². The van der Waals surface area contributed by atoms with Gasteiger partial charge in [0.2, 0.25) is 10.5 Å². The molecule has 1 atom stereocenters. The topological polar surface area (TPSA) is 34.1 Å². The Morgan fingerprint density at radius 1 is 1.15 bits per heavy atom. The molecule has 0 aliphatic heterocycles. The molecule has 74 valence electrons. The molecule has 2 nitrogen and oxygen atoms in total. The largest absolute Gasteiger partial charge is 0.276 e. The zero-order chi connectivity index (χ0) is 10.6. The first-order chi connectivity index (χ1) is 5.86. The molecular weight excluding hydrogens is 211 g/mol. The molecule has 13 heavy (non-hydrogen) atoms. The Morgan fingerprint density at radius 3 is 1.85 bits per heavy atom. The van der Waals surface area contributed by atoms with E-state index in [0.29, 0.717) is 0 Å². The predicted octanol–water partition coefficient (Wildman–Crippen LogP) is 2.74. The summed E-state index contributed by atoms with van der Waals surface area (Å²) in [5.41, 5.74) is 0.275. The van der Waals surface area contributed by atoms with Crippen LogP contribution in [0.4, 0.5) is 0 Å². The highest BCUT2D eigenvalue weighted by atomic mass is 35.5. The van der Waals surface area contributed by atoms with Gasteiger partial charge in [0.15, 0.2) is 0 Å². The quantitative estimate of drug-likeness (QED) is 0.542. The molecule has 0 fully saturated rings. The second kappa shape index (κ2) is 5.40. The van der Waals surface area contributed by atoms with Gasteiger partial charge in [0.1, 0.15) is 0 Å². The van der Waals surface area contributed by atoms with Crippen molar-refractivity contribution in [2.24, 2.45) is 11.8 Å². The van der Waals surface area contributed by atoms with E-state index in [2.05, 4.69) is 0 Å². The van der Waals surface area contributed by atoms with Crippen LogP contribution in [0.1, 0.15) is 20.8 Å². The lowest BCUT2D eigenvalue weighted by molar-refractivity contribution is -0.110. The molecule has 0 amide bonds. The average Bonchev–Trinajstić information content (AvgIpc) is 1.97. The van der Waals surface area contributed by atoms with Crippen molar-refractivity contribution < 1.29 is 9.59 Å². The maximum absolute atomic E-state index is 10.9. The number of halogens is 2. The van der Waals surface area contributed by atoms with Gasteiger partial charge >= 0.3 is 0 Å². The van der Waals surface area contributed by atoms with Crippen LogP contribution in [-0.4, -0.2) is 10.5 Å². The second-order valence-corrected chi connectivity index (χ2v) is 3.93. The van der Waals surface area contributed by atoms with Crippen LogP contribution in [0.2, 0.25) is 0 Å². The molecule has 0 aromatic carbocycles. The highest BCUT2D eigenvalue weighted by Crippen LogP contribution is 2.22. The molecule has 0 spiro atoms. The van der Waals surface area contributed by atoms with Gasteiger partial charge in [-0.15, -0.1) is 0 Å². The van der Waals surface area contributed by atoms with E-state index < -0.39 is 10.5 Å². The molecular formula is C9H12Cl2O2. The normalized spacial score (nSPS) is 14.5. The maximum atomic E-state index is 10.9. The fraction of sp³-hybridized carbons (Fsp3) is 0.556. The minimum atomic E-state index is -0.670. The number of hydrogen-bond donors (Lipinski definition) is 0. The summed E-state index contributed by atoms with van der Waals surface area (Å²) in [4.78, 5) is 21.5. The SMILES string of the molecule is CC(C)C(C)/C(=C\C(=O)Cl)C(=O)Cl. The molecule has 4 heteroatoms. The molecule has 0 N–H and O–H groups in total. The molecule has 0 aliphatic rings. The Morgan fingerprint density at radius 2 is 1.62 bits per heavy atom. The standard InChI is InChI=1S/C9H12Cl2O2/c1-5(2)6(3)7(9(11)13)4-8(10)12/h4-6H,1-3H3/b7-4+. The van der Waals surface area contributed by atoms with Crippen molar-refractivity contribution in [3.05, 3.63) is 11.6 Å². The van der Waals surface area contributed by atoms with E-state index in [-0.39, 0.29) is 17.4 Å². The summed E-state index contributed by atoms with van der Waals surface area (Å²) in [5.74, 6) is 0.178. The Balaban J connectivity index is 4.82. The third kappa shape index (κ3) is 4.44. The first-order valence-corrected chi connectivity index (χ1v) is 4.72. The van der Waals surface area contributed by atoms with Crippen LogP contribution in [0.25, 0.3) is 0 Å². The van der Waals surface area contributed by atoms with Gasteiger partial charge in [0.05, 0.1) is 0 Å². The van der Waals surface area contributed by atoms with E-state index in [1.807, 2.05) is 20.8 Å². The van der Waals surface area contributed by atoms with Gasteiger partial charge in [-0.25, -0.2) is 0 Å². The first kappa shape index (κ1) is 12.7. The first-order valence-electron chi connectivity index (χ1n) is 3.97. The number of allylic oxidation sites excluding steroid dienone is 2. The van der Waals surface area contributed by atoms with E-state index >= 15 is 0 Å². The lowest BCUT2D eigenvalue weighted by Gasteiger charge is -2.15. The molecule has 0 radical (unpaired) electrons. The summed E-state index contributed by atoms with van der Waals surface area (Å²) >= 11 is 10.4. The van der Waals surface area contributed by atoms with Gasteiger partial charge in [-0.2, -0.15) is 0 Å². The van der Waals surface area contributed by atoms with Crippen molar-refractivity contribution in [2.45, 2.75) is 20.8 Å². The zero-order valence-corrected chi connectivity index (χ0v) is 9.32. The Hall–Kier alpha value is -0.340. The highest BCUT2D eigenvalue weighted by molar-refractivity contribution is 6.70. The Bertz CT molecular complexity index is 244. The molecule has 0 aromatic heterocycles. The average molecular weight is 223 g/mol. The van der Waals surface area contributed by atoms with Crippen molar-refractivity contribution in [1.29, 1.82) is 0 Å². The van der Waals surface area contributed by atoms with Crippen LogP contribution in [-0.2, 0) is 9.59 Å². The third-order valence-corrected chi connectivity index (χ3v) is 2.31. The predicted molar refractivity (Wildman–Crippen MR) is 53.8 cm³/mol. The summed E-state index contributed by atoms with van der Waals surface area (Å²) in [6, 6.07) is 0. The number of carbonyl (C=O) groups excluding carboxylic acids is 2. The fourth-order valence-corrected chi connectivity index (χ4v) is 1.19. The number of rotatable bonds is 4. The van der Waals surface area contributed by atoms with Crippen molar-refractivity contribution >= 4 is 33.7 Å². The van der Waals surface area contributed by atoms with Crippen LogP contribution in [0.3, 0.4) is 0 Å².